The van der Waals surface area contributed by atoms with Crippen molar-refractivity contribution >= 4 is 38.5 Å². The Balaban J connectivity index is 1.49. The lowest BCUT2D eigenvalue weighted by atomic mass is 10.2. The van der Waals surface area contributed by atoms with Gasteiger partial charge in [0.1, 0.15) is 10.7 Å². The molecule has 3 aromatic rings. The minimum Gasteiger partial charge on any atom is -0.369 e. The van der Waals surface area contributed by atoms with Crippen molar-refractivity contribution in [3.8, 4) is 0 Å². The predicted molar refractivity (Wildman–Crippen MR) is 121 cm³/mol. The Morgan fingerprint density at radius 1 is 1.29 bits per heavy atom. The Bertz CT molecular complexity index is 1140. The van der Waals surface area contributed by atoms with Crippen LogP contribution in [0.15, 0.2) is 52.3 Å². The second-order valence-electron chi connectivity index (χ2n) is 7.58. The van der Waals surface area contributed by atoms with E-state index in [4.69, 9.17) is 11.6 Å². The van der Waals surface area contributed by atoms with Crippen molar-refractivity contribution in [3.63, 3.8) is 0 Å². The van der Waals surface area contributed by atoms with Crippen molar-refractivity contribution < 1.29 is 12.8 Å². The minimum atomic E-state index is -3.89. The van der Waals surface area contributed by atoms with Gasteiger partial charge in [-0.15, -0.1) is 11.3 Å². The van der Waals surface area contributed by atoms with E-state index < -0.39 is 20.5 Å². The number of hydrogen-bond donors (Lipinski definition) is 0. The second-order valence-corrected chi connectivity index (χ2v) is 10.7. The molecule has 0 aliphatic carbocycles. The first-order valence-corrected chi connectivity index (χ1v) is 12.7. The largest absolute Gasteiger partial charge is 0.369 e. The van der Waals surface area contributed by atoms with Gasteiger partial charge in [-0.2, -0.15) is 0 Å². The smallest absolute Gasteiger partial charge is 0.187 e. The van der Waals surface area contributed by atoms with E-state index in [1.54, 1.807) is 17.1 Å². The Hall–Kier alpha value is -2.07. The molecule has 2 aromatic heterocycles. The van der Waals surface area contributed by atoms with Gasteiger partial charge in [0.15, 0.2) is 9.84 Å². The Morgan fingerprint density at radius 3 is 2.84 bits per heavy atom. The lowest BCUT2D eigenvalue weighted by molar-refractivity contribution is 0.322. The molecule has 0 amide bonds. The van der Waals surface area contributed by atoms with E-state index in [1.165, 1.54) is 23.5 Å². The molecule has 10 heteroatoms. The van der Waals surface area contributed by atoms with Gasteiger partial charge in [-0.1, -0.05) is 17.7 Å². The van der Waals surface area contributed by atoms with Crippen LogP contribution in [0, 0.1) is 5.82 Å². The van der Waals surface area contributed by atoms with E-state index >= 15 is 0 Å². The highest BCUT2D eigenvalue weighted by atomic mass is 35.5. The zero-order valence-corrected chi connectivity index (χ0v) is 19.3. The van der Waals surface area contributed by atoms with Gasteiger partial charge in [0.25, 0.3) is 0 Å². The fraction of sp³-hybridized carbons (Fsp3) is 0.333. The van der Waals surface area contributed by atoms with E-state index in [2.05, 4.69) is 14.9 Å². The number of anilines is 1. The third-order valence-corrected chi connectivity index (χ3v) is 8.04. The van der Waals surface area contributed by atoms with Crippen molar-refractivity contribution in [2.75, 3.05) is 25.0 Å². The number of nitrogens with zero attached hydrogens (tertiary/aromatic N) is 4. The molecule has 1 saturated heterocycles. The fourth-order valence-electron chi connectivity index (χ4n) is 3.80. The van der Waals surface area contributed by atoms with Crippen LogP contribution in [0.5, 0.6) is 0 Å². The third kappa shape index (κ3) is 5.06. The first-order valence-electron chi connectivity index (χ1n) is 9.77. The van der Waals surface area contributed by atoms with Crippen LogP contribution in [0.1, 0.15) is 17.8 Å². The summed E-state index contributed by atoms with van der Waals surface area (Å²) in [6, 6.07) is 8.42. The molecule has 4 rings (SSSR count). The first kappa shape index (κ1) is 22.1. The van der Waals surface area contributed by atoms with E-state index in [1.807, 2.05) is 30.1 Å². The van der Waals surface area contributed by atoms with E-state index in [-0.39, 0.29) is 16.8 Å². The van der Waals surface area contributed by atoms with Gasteiger partial charge in [-0.05, 0) is 24.6 Å². The van der Waals surface area contributed by atoms with Crippen LogP contribution in [-0.2, 0) is 22.1 Å². The van der Waals surface area contributed by atoms with Crippen LogP contribution >= 0.6 is 22.9 Å². The molecule has 31 heavy (non-hydrogen) atoms. The summed E-state index contributed by atoms with van der Waals surface area (Å²) in [6.45, 7) is 2.43. The molecule has 0 bridgehead atoms. The van der Waals surface area contributed by atoms with Crippen molar-refractivity contribution in [1.29, 1.82) is 0 Å². The number of hydrogen-bond acceptors (Lipinski definition) is 7. The Morgan fingerprint density at radius 2 is 2.13 bits per heavy atom. The normalized spacial score (nSPS) is 17.2. The minimum absolute atomic E-state index is 0.137. The Kier molecular flexibility index (Phi) is 6.57. The van der Waals surface area contributed by atoms with E-state index in [9.17, 15) is 12.8 Å². The van der Waals surface area contributed by atoms with Gasteiger partial charge in [0.05, 0.1) is 33.4 Å². The molecule has 1 fully saturated rings. The second kappa shape index (κ2) is 9.20. The maximum absolute atomic E-state index is 14.9. The van der Waals surface area contributed by atoms with Crippen LogP contribution in [0.3, 0.4) is 0 Å². The fourth-order valence-corrected chi connectivity index (χ4v) is 6.18. The summed E-state index contributed by atoms with van der Waals surface area (Å²) < 4.78 is 40.2. The molecule has 6 nitrogen and oxygen atoms in total. The summed E-state index contributed by atoms with van der Waals surface area (Å²) in [4.78, 5) is 12.2. The van der Waals surface area contributed by atoms with Crippen LogP contribution in [0.4, 0.5) is 10.1 Å². The summed E-state index contributed by atoms with van der Waals surface area (Å²) in [5.74, 6) is -1.16. The average molecular weight is 481 g/mol. The topological polar surface area (TPSA) is 66.4 Å². The molecule has 0 N–H and O–H groups in total. The molecule has 1 aliphatic rings. The van der Waals surface area contributed by atoms with Crippen molar-refractivity contribution in [2.24, 2.45) is 0 Å². The summed E-state index contributed by atoms with van der Waals surface area (Å²) in [5, 5.41) is 1.85. The molecule has 0 saturated carbocycles. The van der Waals surface area contributed by atoms with Gasteiger partial charge >= 0.3 is 0 Å². The molecule has 1 atom stereocenters. The molecule has 1 aromatic carbocycles. The molecule has 0 spiro atoms. The van der Waals surface area contributed by atoms with Gasteiger partial charge < -0.3 is 4.90 Å². The zero-order valence-electron chi connectivity index (χ0n) is 16.9. The third-order valence-electron chi connectivity index (χ3n) is 5.44. The summed E-state index contributed by atoms with van der Waals surface area (Å²) >= 11 is 7.71. The number of halogens is 2. The van der Waals surface area contributed by atoms with Crippen LogP contribution < -0.4 is 4.90 Å². The number of thiazole rings is 1. The maximum atomic E-state index is 14.9. The molecular weight excluding hydrogens is 459 g/mol. The van der Waals surface area contributed by atoms with Crippen molar-refractivity contribution in [2.45, 2.75) is 29.7 Å². The number of likely N-dealkylation sites (tertiary alicyclic amines) is 1. The van der Waals surface area contributed by atoms with Crippen molar-refractivity contribution in [3.05, 3.63) is 69.6 Å². The summed E-state index contributed by atoms with van der Waals surface area (Å²) in [5.41, 5.74) is 3.42. The molecular formula is C21H22ClFN4O2S2. The Labute approximate surface area is 190 Å². The van der Waals surface area contributed by atoms with Crippen LogP contribution in [0.2, 0.25) is 5.02 Å². The number of aromatic nitrogens is 2. The van der Waals surface area contributed by atoms with E-state index in [0.29, 0.717) is 11.4 Å². The van der Waals surface area contributed by atoms with Crippen LogP contribution in [-0.4, -0.2) is 49.5 Å². The maximum Gasteiger partial charge on any atom is 0.187 e. The van der Waals surface area contributed by atoms with E-state index in [0.717, 1.165) is 31.7 Å². The quantitative estimate of drug-likeness (QED) is 0.509. The highest BCUT2D eigenvalue weighted by Crippen LogP contribution is 2.34. The zero-order chi connectivity index (χ0) is 22.0. The number of benzene rings is 1. The molecule has 164 valence electrons. The number of pyridine rings is 1. The van der Waals surface area contributed by atoms with Gasteiger partial charge in [-0.25, -0.2) is 17.8 Å². The average Bonchev–Trinajstić information content (AvgIpc) is 3.41. The van der Waals surface area contributed by atoms with Gasteiger partial charge in [-0.3, -0.25) is 9.88 Å². The highest BCUT2D eigenvalue weighted by molar-refractivity contribution is 7.90. The monoisotopic (exact) mass is 480 g/mol. The summed E-state index contributed by atoms with van der Waals surface area (Å²) in [7, 11) is -2.03. The lowest BCUT2D eigenvalue weighted by Crippen LogP contribution is -2.34. The van der Waals surface area contributed by atoms with Gasteiger partial charge in [0.2, 0.25) is 0 Å². The van der Waals surface area contributed by atoms with Gasteiger partial charge in [0, 0.05) is 50.4 Å². The SMILES string of the molecule is CN(c1cc(F)c(S(=O)(=O)Cc2cscn2)cc1Cl)[C@H]1CCN(Cc2ccccn2)C1. The molecule has 0 unspecified atom stereocenters. The molecule has 1 aliphatic heterocycles. The lowest BCUT2D eigenvalue weighted by Gasteiger charge is -2.28. The molecule has 3 heterocycles. The number of rotatable bonds is 7. The standard InChI is InChI=1S/C21H22ClFN4O2S2/c1-26(17-5-7-27(11-17)10-15-4-2-3-6-24-15)20-9-19(23)21(8-18(20)22)31(28,29)13-16-12-30-14-25-16/h2-4,6,8-9,12,14,17H,5,7,10-11,13H2,1H3/t17-/m0/s1. The highest BCUT2D eigenvalue weighted by Gasteiger charge is 2.29. The first-order chi connectivity index (χ1) is 14.8. The predicted octanol–water partition coefficient (Wildman–Crippen LogP) is 4.02. The summed E-state index contributed by atoms with van der Waals surface area (Å²) in [6.07, 6.45) is 2.67. The van der Waals surface area contributed by atoms with Crippen LogP contribution in [0.25, 0.3) is 0 Å². The van der Waals surface area contributed by atoms with Crippen molar-refractivity contribution in [1.82, 2.24) is 14.9 Å². The number of sulfone groups is 1. The number of likely N-dealkylation sites (N-methyl/N-ethyl adjacent to an activating group) is 1. The molecule has 0 radical (unpaired) electrons.